The van der Waals surface area contributed by atoms with Crippen LogP contribution in [0.5, 0.6) is 11.5 Å². The molecule has 38 heavy (non-hydrogen) atoms. The number of fused-ring (bicyclic) bond motifs is 3. The SMILES string of the molecule is [2H]C([2H])([2H])NC(=O)[C@H]1CCC[C@@H](N(C(=O)c2nn(-c3ccsc3)c3c2COc2cc(OC)c(C=C(C)C)cc2-3)C([2H])([2H])[2H])C1. The van der Waals surface area contributed by atoms with Gasteiger partial charge in [-0.15, -0.1) is 0 Å². The van der Waals surface area contributed by atoms with Crippen LogP contribution in [0, 0.1) is 5.92 Å². The number of rotatable bonds is 6. The van der Waals surface area contributed by atoms with E-state index in [9.17, 15) is 9.59 Å². The van der Waals surface area contributed by atoms with Crippen molar-refractivity contribution in [1.82, 2.24) is 20.0 Å². The molecular formula is C29H34N4O4S. The van der Waals surface area contributed by atoms with Crippen molar-refractivity contribution in [3.05, 3.63) is 51.4 Å². The Labute approximate surface area is 235 Å². The van der Waals surface area contributed by atoms with Crippen molar-refractivity contribution in [1.29, 1.82) is 0 Å². The highest BCUT2D eigenvalue weighted by Crippen LogP contribution is 2.44. The van der Waals surface area contributed by atoms with Gasteiger partial charge < -0.3 is 19.7 Å². The first-order valence-corrected chi connectivity index (χ1v) is 13.4. The van der Waals surface area contributed by atoms with Crippen LogP contribution in [0.3, 0.4) is 0 Å². The lowest BCUT2D eigenvalue weighted by Gasteiger charge is -2.34. The molecule has 1 aliphatic carbocycles. The van der Waals surface area contributed by atoms with E-state index >= 15 is 0 Å². The fraction of sp³-hybridized carbons (Fsp3) is 0.414. The summed E-state index contributed by atoms with van der Waals surface area (Å²) in [5.74, 6) is -1.07. The molecule has 200 valence electrons. The lowest BCUT2D eigenvalue weighted by Crippen LogP contribution is -2.43. The second kappa shape index (κ2) is 10.6. The number of amides is 2. The van der Waals surface area contributed by atoms with E-state index in [1.54, 1.807) is 17.9 Å². The number of carbonyl (C=O) groups is 2. The normalized spacial score (nSPS) is 21.0. The first-order valence-electron chi connectivity index (χ1n) is 15.5. The van der Waals surface area contributed by atoms with Crippen LogP contribution in [0.15, 0.2) is 34.5 Å². The third-order valence-corrected chi connectivity index (χ3v) is 7.74. The largest absolute Gasteiger partial charge is 0.496 e. The van der Waals surface area contributed by atoms with E-state index in [1.165, 1.54) is 11.3 Å². The van der Waals surface area contributed by atoms with Gasteiger partial charge in [0.1, 0.15) is 18.1 Å². The molecule has 8 nitrogen and oxygen atoms in total. The van der Waals surface area contributed by atoms with Crippen LogP contribution in [0.4, 0.5) is 0 Å². The number of benzene rings is 1. The number of hydrogen-bond donors (Lipinski definition) is 1. The molecule has 0 bridgehead atoms. The lowest BCUT2D eigenvalue weighted by atomic mass is 9.84. The summed E-state index contributed by atoms with van der Waals surface area (Å²) < 4.78 is 60.5. The predicted octanol–water partition coefficient (Wildman–Crippen LogP) is 5.30. The molecule has 0 spiro atoms. The maximum Gasteiger partial charge on any atom is 0.274 e. The van der Waals surface area contributed by atoms with Gasteiger partial charge in [-0.2, -0.15) is 16.4 Å². The average Bonchev–Trinajstić information content (AvgIpc) is 3.59. The minimum absolute atomic E-state index is 0.0185. The summed E-state index contributed by atoms with van der Waals surface area (Å²) in [6, 6.07) is 4.73. The molecule has 2 amide bonds. The standard InChI is InChI=1S/C29H34N4O4S/c1-17(2)11-19-13-22-25(14-24(19)36-5)37-15-23-26(31-33(27(22)23)21-9-10-38-16-21)29(35)32(4)20-8-6-7-18(12-20)28(34)30-3/h9-11,13-14,16,18,20H,6-8,12,15H2,1-5H3,(H,30,34)/t18-,20+/m0/s1/i3D3,4D3. The molecule has 1 saturated carbocycles. The van der Waals surface area contributed by atoms with Crippen LogP contribution >= 0.6 is 11.3 Å². The zero-order valence-electron chi connectivity index (χ0n) is 27.5. The number of thiophene rings is 1. The van der Waals surface area contributed by atoms with Gasteiger partial charge in [0.25, 0.3) is 5.91 Å². The van der Waals surface area contributed by atoms with Crippen molar-refractivity contribution in [3.8, 4) is 28.4 Å². The highest BCUT2D eigenvalue weighted by atomic mass is 32.1. The van der Waals surface area contributed by atoms with E-state index in [1.807, 2.05) is 48.1 Å². The monoisotopic (exact) mass is 540 g/mol. The highest BCUT2D eigenvalue weighted by molar-refractivity contribution is 7.08. The number of nitrogens with zero attached hydrogens (tertiary/aromatic N) is 3. The van der Waals surface area contributed by atoms with Crippen molar-refractivity contribution in [2.45, 2.75) is 52.2 Å². The molecule has 0 saturated heterocycles. The number of nitrogens with one attached hydrogen (secondary N) is 1. The lowest BCUT2D eigenvalue weighted by molar-refractivity contribution is -0.126. The van der Waals surface area contributed by atoms with E-state index in [-0.39, 0.29) is 18.7 Å². The zero-order valence-corrected chi connectivity index (χ0v) is 22.4. The van der Waals surface area contributed by atoms with Crippen LogP contribution in [0.1, 0.15) is 69.4 Å². The van der Waals surface area contributed by atoms with E-state index in [0.717, 1.165) is 16.0 Å². The molecule has 2 atom stereocenters. The Balaban J connectivity index is 1.60. The van der Waals surface area contributed by atoms with Crippen LogP contribution in [0.2, 0.25) is 0 Å². The molecule has 3 heterocycles. The van der Waals surface area contributed by atoms with Gasteiger partial charge in [-0.1, -0.05) is 18.1 Å². The van der Waals surface area contributed by atoms with Crippen molar-refractivity contribution >= 4 is 29.2 Å². The molecule has 5 rings (SSSR count). The van der Waals surface area contributed by atoms with E-state index in [2.05, 4.69) is 0 Å². The maximum atomic E-state index is 14.3. The average molecular weight is 541 g/mol. The number of ether oxygens (including phenoxy) is 2. The molecule has 1 fully saturated rings. The fourth-order valence-electron chi connectivity index (χ4n) is 5.25. The molecule has 0 unspecified atom stereocenters. The summed E-state index contributed by atoms with van der Waals surface area (Å²) in [5, 5.41) is 10.5. The van der Waals surface area contributed by atoms with Gasteiger partial charge in [0.2, 0.25) is 5.91 Å². The summed E-state index contributed by atoms with van der Waals surface area (Å²) in [6.45, 7) is -1.59. The first-order chi connectivity index (χ1) is 20.7. The van der Waals surface area contributed by atoms with Gasteiger partial charge in [0.05, 0.1) is 18.5 Å². The quantitative estimate of drug-likeness (QED) is 0.459. The third kappa shape index (κ3) is 4.71. The summed E-state index contributed by atoms with van der Waals surface area (Å²) in [4.78, 5) is 27.8. The van der Waals surface area contributed by atoms with Crippen molar-refractivity contribution < 1.29 is 27.3 Å². The first kappa shape index (κ1) is 19.5. The Morgan fingerprint density at radius 1 is 1.34 bits per heavy atom. The number of allylic oxidation sites excluding steroid dienone is 1. The van der Waals surface area contributed by atoms with Gasteiger partial charge in [-0.05, 0) is 50.6 Å². The maximum absolute atomic E-state index is 14.3. The second-order valence-corrected chi connectivity index (χ2v) is 10.6. The topological polar surface area (TPSA) is 85.7 Å². The molecule has 3 aromatic rings. The Kier molecular flexibility index (Phi) is 5.46. The minimum atomic E-state index is -2.85. The Morgan fingerprint density at radius 2 is 2.21 bits per heavy atom. The fourth-order valence-corrected chi connectivity index (χ4v) is 5.87. The zero-order chi connectivity index (χ0) is 32.0. The Hall–Kier alpha value is -3.59. The smallest absolute Gasteiger partial charge is 0.274 e. The van der Waals surface area contributed by atoms with Crippen LogP contribution < -0.4 is 14.8 Å². The van der Waals surface area contributed by atoms with Crippen LogP contribution in [-0.4, -0.2) is 53.6 Å². The molecular weight excluding hydrogens is 500 g/mol. The van der Waals surface area contributed by atoms with Crippen molar-refractivity contribution in [2.75, 3.05) is 21.1 Å². The van der Waals surface area contributed by atoms with Gasteiger partial charge in [-0.25, -0.2) is 4.68 Å². The molecule has 1 aliphatic heterocycles. The number of methoxy groups -OCH3 is 1. The summed E-state index contributed by atoms with van der Waals surface area (Å²) >= 11 is 1.46. The summed E-state index contributed by atoms with van der Waals surface area (Å²) in [5.41, 5.74) is 4.25. The molecule has 2 aromatic heterocycles. The van der Waals surface area contributed by atoms with Gasteiger partial charge in [-0.3, -0.25) is 9.59 Å². The molecule has 0 radical (unpaired) electrons. The summed E-state index contributed by atoms with van der Waals surface area (Å²) in [6.07, 6.45) is 3.19. The van der Waals surface area contributed by atoms with E-state index in [0.29, 0.717) is 53.3 Å². The second-order valence-electron chi connectivity index (χ2n) is 9.85. The highest BCUT2D eigenvalue weighted by Gasteiger charge is 2.36. The molecule has 9 heteroatoms. The molecule has 1 N–H and O–H groups in total. The Morgan fingerprint density at radius 3 is 2.92 bits per heavy atom. The molecule has 2 aliphatic rings. The van der Waals surface area contributed by atoms with Crippen LogP contribution in [0.25, 0.3) is 23.0 Å². The van der Waals surface area contributed by atoms with Gasteiger partial charge in [0.15, 0.2) is 5.69 Å². The van der Waals surface area contributed by atoms with Crippen LogP contribution in [-0.2, 0) is 11.4 Å². The van der Waals surface area contributed by atoms with Crippen molar-refractivity contribution in [2.24, 2.45) is 5.92 Å². The number of carbonyl (C=O) groups excluding carboxylic acids is 2. The summed E-state index contributed by atoms with van der Waals surface area (Å²) in [7, 11) is 1.58. The van der Waals surface area contributed by atoms with Gasteiger partial charge >= 0.3 is 0 Å². The minimum Gasteiger partial charge on any atom is -0.496 e. The third-order valence-electron chi connectivity index (χ3n) is 7.06. The van der Waals surface area contributed by atoms with Crippen molar-refractivity contribution in [3.63, 3.8) is 0 Å². The van der Waals surface area contributed by atoms with E-state index in [4.69, 9.17) is 22.8 Å². The Bertz CT molecular complexity index is 1590. The van der Waals surface area contributed by atoms with E-state index < -0.39 is 37.7 Å². The molecule has 1 aromatic carbocycles. The predicted molar refractivity (Wildman–Crippen MR) is 149 cm³/mol. The number of aromatic nitrogens is 2. The van der Waals surface area contributed by atoms with Gasteiger partial charge in [0, 0.05) is 62.3 Å². The number of hydrogen-bond acceptors (Lipinski definition) is 6.